The Morgan fingerprint density at radius 2 is 2.38 bits per heavy atom. The molecule has 3 N–H and O–H groups in total. The van der Waals surface area contributed by atoms with E-state index in [9.17, 15) is 4.79 Å². The molecule has 1 amide bonds. The molecule has 1 heterocycles. The van der Waals surface area contributed by atoms with Crippen molar-refractivity contribution in [1.29, 1.82) is 0 Å². The van der Waals surface area contributed by atoms with E-state index in [1.165, 1.54) is 11.3 Å². The summed E-state index contributed by atoms with van der Waals surface area (Å²) in [5.74, 6) is 4.84. The minimum absolute atomic E-state index is 0.243. The van der Waals surface area contributed by atoms with Crippen LogP contribution in [0.15, 0.2) is 6.07 Å². The number of ether oxygens (including phenoxy) is 1. The summed E-state index contributed by atoms with van der Waals surface area (Å²) in [5.41, 5.74) is 3.20. The Morgan fingerprint density at radius 3 is 3.00 bits per heavy atom. The molecule has 4 nitrogen and oxygen atoms in total. The lowest BCUT2D eigenvalue weighted by Crippen LogP contribution is -2.29. The molecule has 0 aliphatic carbocycles. The highest BCUT2D eigenvalue weighted by Crippen LogP contribution is 2.22. The molecule has 16 heavy (non-hydrogen) atoms. The molecule has 0 saturated carbocycles. The monoisotopic (exact) mass is 242 g/mol. The van der Waals surface area contributed by atoms with E-state index in [1.54, 1.807) is 0 Å². The van der Waals surface area contributed by atoms with Gasteiger partial charge in [0.15, 0.2) is 0 Å². The van der Waals surface area contributed by atoms with Crippen LogP contribution in [0.2, 0.25) is 0 Å². The van der Waals surface area contributed by atoms with Crippen molar-refractivity contribution >= 4 is 17.2 Å². The van der Waals surface area contributed by atoms with Crippen molar-refractivity contribution in [2.45, 2.75) is 33.3 Å². The molecule has 0 fully saturated rings. The summed E-state index contributed by atoms with van der Waals surface area (Å²) in [6.07, 6.45) is 2.20. The van der Waals surface area contributed by atoms with Crippen molar-refractivity contribution in [3.63, 3.8) is 0 Å². The van der Waals surface area contributed by atoms with Crippen LogP contribution in [0.4, 0.5) is 0 Å². The molecule has 0 spiro atoms. The van der Waals surface area contributed by atoms with Crippen LogP contribution in [0.1, 0.15) is 39.9 Å². The number of thiophene rings is 1. The Balaban J connectivity index is 2.53. The Morgan fingerprint density at radius 1 is 1.62 bits per heavy atom. The Hall–Kier alpha value is -0.910. The predicted octanol–water partition coefficient (Wildman–Crippen LogP) is 1.98. The summed E-state index contributed by atoms with van der Waals surface area (Å²) >= 11 is 1.44. The van der Waals surface area contributed by atoms with Crippen LogP contribution in [0.3, 0.4) is 0 Å². The molecule has 0 radical (unpaired) electrons. The highest BCUT2D eigenvalue weighted by molar-refractivity contribution is 7.14. The van der Waals surface area contributed by atoms with E-state index < -0.39 is 0 Å². The van der Waals surface area contributed by atoms with Gasteiger partial charge >= 0.3 is 0 Å². The van der Waals surface area contributed by atoms with Crippen LogP contribution in [0, 0.1) is 6.92 Å². The molecule has 90 valence electrons. The number of rotatable bonds is 6. The van der Waals surface area contributed by atoms with Crippen molar-refractivity contribution in [2.75, 3.05) is 6.61 Å². The van der Waals surface area contributed by atoms with Crippen molar-refractivity contribution < 1.29 is 9.53 Å². The van der Waals surface area contributed by atoms with Gasteiger partial charge in [-0.1, -0.05) is 13.3 Å². The van der Waals surface area contributed by atoms with Gasteiger partial charge in [-0.3, -0.25) is 10.2 Å². The van der Waals surface area contributed by atoms with E-state index in [0.717, 1.165) is 29.9 Å². The maximum atomic E-state index is 11.3. The normalized spacial score (nSPS) is 10.4. The van der Waals surface area contributed by atoms with Crippen molar-refractivity contribution in [3.8, 4) is 0 Å². The minimum Gasteiger partial charge on any atom is -0.377 e. The number of unbranched alkanes of at least 4 members (excludes halogenated alkanes) is 1. The lowest BCUT2D eigenvalue weighted by molar-refractivity contribution is 0.0957. The predicted molar refractivity (Wildman–Crippen MR) is 65.3 cm³/mol. The number of carbonyl (C=O) groups excluding carboxylic acids is 1. The van der Waals surface area contributed by atoms with Gasteiger partial charge in [-0.25, -0.2) is 5.84 Å². The molecule has 1 rings (SSSR count). The second-order valence-electron chi connectivity index (χ2n) is 3.57. The van der Waals surface area contributed by atoms with Gasteiger partial charge in [-0.05, 0) is 25.0 Å². The van der Waals surface area contributed by atoms with Crippen LogP contribution < -0.4 is 11.3 Å². The van der Waals surface area contributed by atoms with Crippen LogP contribution >= 0.6 is 11.3 Å². The highest BCUT2D eigenvalue weighted by atomic mass is 32.1. The van der Waals surface area contributed by atoms with E-state index in [-0.39, 0.29) is 5.91 Å². The van der Waals surface area contributed by atoms with Gasteiger partial charge in [0, 0.05) is 11.5 Å². The molecule has 1 aromatic heterocycles. The van der Waals surface area contributed by atoms with Crippen molar-refractivity contribution in [2.24, 2.45) is 5.84 Å². The molecule has 0 bridgehead atoms. The van der Waals surface area contributed by atoms with Crippen LogP contribution in [-0.2, 0) is 11.3 Å². The lowest BCUT2D eigenvalue weighted by Gasteiger charge is -2.01. The maximum absolute atomic E-state index is 11.3. The first-order valence-corrected chi connectivity index (χ1v) is 6.18. The van der Waals surface area contributed by atoms with Gasteiger partial charge in [0.25, 0.3) is 5.91 Å². The van der Waals surface area contributed by atoms with Crippen LogP contribution in [-0.4, -0.2) is 12.5 Å². The van der Waals surface area contributed by atoms with E-state index in [4.69, 9.17) is 10.6 Å². The Labute approximate surface area is 99.8 Å². The summed E-state index contributed by atoms with van der Waals surface area (Å²) in [6, 6.07) is 1.84. The molecule has 0 atom stereocenters. The average molecular weight is 242 g/mol. The van der Waals surface area contributed by atoms with Crippen LogP contribution in [0.25, 0.3) is 0 Å². The van der Waals surface area contributed by atoms with Gasteiger partial charge in [-0.2, -0.15) is 0 Å². The largest absolute Gasteiger partial charge is 0.377 e. The topological polar surface area (TPSA) is 64.3 Å². The van der Waals surface area contributed by atoms with E-state index in [0.29, 0.717) is 11.5 Å². The summed E-state index contributed by atoms with van der Waals surface area (Å²) in [4.78, 5) is 13.0. The van der Waals surface area contributed by atoms with Gasteiger partial charge < -0.3 is 4.74 Å². The summed E-state index contributed by atoms with van der Waals surface area (Å²) in [5, 5.41) is 0. The number of nitrogens with one attached hydrogen (secondary N) is 1. The number of hydrogen-bond donors (Lipinski definition) is 2. The van der Waals surface area contributed by atoms with Gasteiger partial charge in [0.1, 0.15) is 0 Å². The molecule has 0 aromatic carbocycles. The first-order chi connectivity index (χ1) is 7.69. The molecule has 0 unspecified atom stereocenters. The zero-order chi connectivity index (χ0) is 12.0. The van der Waals surface area contributed by atoms with E-state index >= 15 is 0 Å². The second kappa shape index (κ2) is 6.62. The molecule has 1 aromatic rings. The van der Waals surface area contributed by atoms with Gasteiger partial charge in [0.05, 0.1) is 11.5 Å². The number of amides is 1. The second-order valence-corrected chi connectivity index (χ2v) is 4.83. The molecule has 0 saturated heterocycles. The summed E-state index contributed by atoms with van der Waals surface area (Å²) < 4.78 is 5.51. The number of aryl methyl sites for hydroxylation is 1. The zero-order valence-electron chi connectivity index (χ0n) is 9.71. The van der Waals surface area contributed by atoms with E-state index in [2.05, 4.69) is 12.3 Å². The van der Waals surface area contributed by atoms with Crippen LogP contribution in [0.5, 0.6) is 0 Å². The molecule has 0 aliphatic rings. The lowest BCUT2D eigenvalue weighted by atomic mass is 10.2. The Kier molecular flexibility index (Phi) is 5.45. The fourth-order valence-corrected chi connectivity index (χ4v) is 2.21. The summed E-state index contributed by atoms with van der Waals surface area (Å²) in [6.45, 7) is 5.45. The van der Waals surface area contributed by atoms with Gasteiger partial charge in [-0.15, -0.1) is 11.3 Å². The fraction of sp³-hybridized carbons (Fsp3) is 0.545. The number of hydrogen-bond acceptors (Lipinski definition) is 4. The fourth-order valence-electron chi connectivity index (χ4n) is 1.27. The standard InChI is InChI=1S/C11H18N2O2S/c1-3-4-5-15-7-9-6-10(11(14)13-12)16-8(9)2/h6H,3-5,7,12H2,1-2H3,(H,13,14). The minimum atomic E-state index is -0.243. The molecular formula is C11H18N2O2S. The third-order valence-corrected chi connectivity index (χ3v) is 3.37. The third kappa shape index (κ3) is 3.59. The summed E-state index contributed by atoms with van der Waals surface area (Å²) in [7, 11) is 0. The maximum Gasteiger partial charge on any atom is 0.275 e. The number of carbonyl (C=O) groups is 1. The quantitative estimate of drug-likeness (QED) is 0.347. The SMILES string of the molecule is CCCCOCc1cc(C(=O)NN)sc1C. The molecule has 0 aliphatic heterocycles. The number of nitrogen functional groups attached to an aromatic ring is 1. The van der Waals surface area contributed by atoms with E-state index in [1.807, 2.05) is 13.0 Å². The number of nitrogens with two attached hydrogens (primary N) is 1. The highest BCUT2D eigenvalue weighted by Gasteiger charge is 2.10. The molecular weight excluding hydrogens is 224 g/mol. The first-order valence-electron chi connectivity index (χ1n) is 5.37. The number of hydrazine groups is 1. The molecule has 5 heteroatoms. The first kappa shape index (κ1) is 13.2. The smallest absolute Gasteiger partial charge is 0.275 e. The zero-order valence-corrected chi connectivity index (χ0v) is 10.5. The average Bonchev–Trinajstić information content (AvgIpc) is 2.65. The Bertz CT molecular complexity index is 350. The third-order valence-electron chi connectivity index (χ3n) is 2.28. The van der Waals surface area contributed by atoms with Gasteiger partial charge in [0.2, 0.25) is 0 Å². The van der Waals surface area contributed by atoms with Crippen molar-refractivity contribution in [3.05, 3.63) is 21.4 Å². The van der Waals surface area contributed by atoms with Crippen molar-refractivity contribution in [1.82, 2.24) is 5.43 Å².